The highest BCUT2D eigenvalue weighted by molar-refractivity contribution is 7.99. The van der Waals surface area contributed by atoms with Gasteiger partial charge in [-0.1, -0.05) is 17.8 Å². The monoisotopic (exact) mass is 364 g/mol. The van der Waals surface area contributed by atoms with Gasteiger partial charge >= 0.3 is 0 Å². The average molecular weight is 364 g/mol. The Hall–Kier alpha value is -1.38. The standard InChI is InChI=1S/C16H20N4O2S2/c21-14(17-9-12-3-1-7-22-12)10-24-16-19-18-15(13-4-2-8-23-13)20(16)11-5-6-11/h2,4,8,11-12H,1,3,5-7,9-10H2,(H,17,21). The van der Waals surface area contributed by atoms with Gasteiger partial charge < -0.3 is 10.1 Å². The minimum absolute atomic E-state index is 0.0264. The summed E-state index contributed by atoms with van der Waals surface area (Å²) in [4.78, 5) is 13.2. The smallest absolute Gasteiger partial charge is 0.230 e. The first kappa shape index (κ1) is 16.1. The maximum absolute atomic E-state index is 12.1. The van der Waals surface area contributed by atoms with Gasteiger partial charge in [0.15, 0.2) is 11.0 Å². The van der Waals surface area contributed by atoms with Gasteiger partial charge in [0.1, 0.15) is 0 Å². The van der Waals surface area contributed by atoms with Gasteiger partial charge in [0, 0.05) is 19.2 Å². The summed E-state index contributed by atoms with van der Waals surface area (Å²) in [5.74, 6) is 1.32. The normalized spacial score (nSPS) is 20.4. The van der Waals surface area contributed by atoms with Crippen LogP contribution < -0.4 is 5.32 Å². The van der Waals surface area contributed by atoms with Crippen molar-refractivity contribution in [3.8, 4) is 10.7 Å². The Labute approximate surface area is 149 Å². The summed E-state index contributed by atoms with van der Waals surface area (Å²) in [5, 5.41) is 14.5. The van der Waals surface area contributed by atoms with Crippen LogP contribution >= 0.6 is 23.1 Å². The van der Waals surface area contributed by atoms with Crippen molar-refractivity contribution in [3.05, 3.63) is 17.5 Å². The van der Waals surface area contributed by atoms with E-state index in [1.165, 1.54) is 11.8 Å². The molecular weight excluding hydrogens is 344 g/mol. The Morgan fingerprint density at radius 1 is 1.42 bits per heavy atom. The van der Waals surface area contributed by atoms with Crippen LogP contribution in [0.5, 0.6) is 0 Å². The largest absolute Gasteiger partial charge is 0.376 e. The number of carbonyl (C=O) groups is 1. The number of aromatic nitrogens is 3. The van der Waals surface area contributed by atoms with Crippen LogP contribution in [0.3, 0.4) is 0 Å². The second-order valence-electron chi connectivity index (χ2n) is 6.11. The Morgan fingerprint density at radius 3 is 3.04 bits per heavy atom. The summed E-state index contributed by atoms with van der Waals surface area (Å²) in [6.07, 6.45) is 4.63. The van der Waals surface area contributed by atoms with Gasteiger partial charge in [0.05, 0.1) is 16.7 Å². The van der Waals surface area contributed by atoms with E-state index in [4.69, 9.17) is 4.74 Å². The van der Waals surface area contributed by atoms with Crippen molar-refractivity contribution in [2.45, 2.75) is 43.0 Å². The number of thiophene rings is 1. The third-order valence-corrected chi connectivity index (χ3v) is 6.01. The Kier molecular flexibility index (Phi) is 4.86. The van der Waals surface area contributed by atoms with Crippen LogP contribution in [0.1, 0.15) is 31.7 Å². The molecule has 8 heteroatoms. The van der Waals surface area contributed by atoms with Gasteiger partial charge in [-0.25, -0.2) is 0 Å². The molecule has 1 N–H and O–H groups in total. The fraction of sp³-hybridized carbons (Fsp3) is 0.562. The Morgan fingerprint density at radius 2 is 2.33 bits per heavy atom. The van der Waals surface area contributed by atoms with E-state index < -0.39 is 0 Å². The van der Waals surface area contributed by atoms with Crippen molar-refractivity contribution >= 4 is 29.0 Å². The van der Waals surface area contributed by atoms with E-state index in [1.54, 1.807) is 11.3 Å². The lowest BCUT2D eigenvalue weighted by Gasteiger charge is -2.11. The number of carbonyl (C=O) groups excluding carboxylic acids is 1. The van der Waals surface area contributed by atoms with Crippen molar-refractivity contribution in [1.29, 1.82) is 0 Å². The Balaban J connectivity index is 1.37. The molecule has 1 amide bonds. The van der Waals surface area contributed by atoms with E-state index >= 15 is 0 Å². The molecule has 128 valence electrons. The molecule has 2 fully saturated rings. The van der Waals surface area contributed by atoms with Gasteiger partial charge in [0.2, 0.25) is 5.91 Å². The number of amides is 1. The number of ether oxygens (including phenoxy) is 1. The summed E-state index contributed by atoms with van der Waals surface area (Å²) in [6, 6.07) is 4.57. The van der Waals surface area contributed by atoms with Gasteiger partial charge in [-0.15, -0.1) is 21.5 Å². The fourth-order valence-electron chi connectivity index (χ4n) is 2.83. The zero-order valence-electron chi connectivity index (χ0n) is 13.3. The minimum atomic E-state index is 0.0264. The molecule has 0 aromatic carbocycles. The van der Waals surface area contributed by atoms with Crippen LogP contribution in [0.25, 0.3) is 10.7 Å². The van der Waals surface area contributed by atoms with E-state index in [1.807, 2.05) is 11.4 Å². The molecule has 6 nitrogen and oxygen atoms in total. The summed E-state index contributed by atoms with van der Waals surface area (Å²) >= 11 is 3.13. The van der Waals surface area contributed by atoms with Crippen LogP contribution in [-0.4, -0.2) is 45.7 Å². The lowest BCUT2D eigenvalue weighted by Crippen LogP contribution is -2.32. The molecule has 1 aliphatic carbocycles. The van der Waals surface area contributed by atoms with E-state index in [0.29, 0.717) is 18.3 Å². The number of nitrogens with zero attached hydrogens (tertiary/aromatic N) is 3. The Bertz CT molecular complexity index is 691. The van der Waals surface area contributed by atoms with Crippen molar-refractivity contribution in [3.63, 3.8) is 0 Å². The summed E-state index contributed by atoms with van der Waals surface area (Å²) in [5.41, 5.74) is 0. The van der Waals surface area contributed by atoms with Gasteiger partial charge in [-0.2, -0.15) is 0 Å². The highest BCUT2D eigenvalue weighted by Crippen LogP contribution is 2.41. The van der Waals surface area contributed by atoms with Gasteiger partial charge in [-0.05, 0) is 37.1 Å². The predicted octanol–water partition coefficient (Wildman–Crippen LogP) is 2.73. The molecule has 1 saturated heterocycles. The maximum atomic E-state index is 12.1. The second kappa shape index (κ2) is 7.25. The van der Waals surface area contributed by atoms with Crippen LogP contribution in [0.15, 0.2) is 22.7 Å². The molecule has 4 rings (SSSR count). The first-order chi connectivity index (χ1) is 11.8. The fourth-order valence-corrected chi connectivity index (χ4v) is 4.37. The molecule has 1 atom stereocenters. The maximum Gasteiger partial charge on any atom is 0.230 e. The predicted molar refractivity (Wildman–Crippen MR) is 94.3 cm³/mol. The molecule has 1 unspecified atom stereocenters. The quantitative estimate of drug-likeness (QED) is 0.765. The number of hydrogen-bond donors (Lipinski definition) is 1. The molecule has 3 heterocycles. The van der Waals surface area contributed by atoms with Crippen molar-refractivity contribution in [2.24, 2.45) is 0 Å². The van der Waals surface area contributed by atoms with Crippen LogP contribution in [0, 0.1) is 0 Å². The third-order valence-electron chi connectivity index (χ3n) is 4.20. The molecular formula is C16H20N4O2S2. The van der Waals surface area contributed by atoms with Gasteiger partial charge in [-0.3, -0.25) is 9.36 Å². The average Bonchev–Trinajstić information content (AvgIpc) is 3.05. The molecule has 0 spiro atoms. The highest BCUT2D eigenvalue weighted by atomic mass is 32.2. The first-order valence-corrected chi connectivity index (χ1v) is 10.2. The van der Waals surface area contributed by atoms with E-state index in [9.17, 15) is 4.79 Å². The summed E-state index contributed by atoms with van der Waals surface area (Å²) < 4.78 is 7.72. The molecule has 2 aromatic rings. The summed E-state index contributed by atoms with van der Waals surface area (Å²) in [6.45, 7) is 1.42. The van der Waals surface area contributed by atoms with Crippen LogP contribution in [-0.2, 0) is 9.53 Å². The zero-order chi connectivity index (χ0) is 16.4. The zero-order valence-corrected chi connectivity index (χ0v) is 14.9. The minimum Gasteiger partial charge on any atom is -0.376 e. The van der Waals surface area contributed by atoms with Gasteiger partial charge in [0.25, 0.3) is 0 Å². The molecule has 0 radical (unpaired) electrons. The molecule has 0 bridgehead atoms. The number of rotatable bonds is 7. The van der Waals surface area contributed by atoms with Crippen molar-refractivity contribution < 1.29 is 9.53 Å². The lowest BCUT2D eigenvalue weighted by molar-refractivity contribution is -0.119. The molecule has 2 aliphatic rings. The first-order valence-electron chi connectivity index (χ1n) is 8.31. The SMILES string of the molecule is O=C(CSc1nnc(-c2cccs2)n1C1CC1)NCC1CCCO1. The number of nitrogens with one attached hydrogen (secondary N) is 1. The topological polar surface area (TPSA) is 69.0 Å². The number of thioether (sulfide) groups is 1. The van der Waals surface area contributed by atoms with Crippen LogP contribution in [0.4, 0.5) is 0 Å². The summed E-state index contributed by atoms with van der Waals surface area (Å²) in [7, 11) is 0. The highest BCUT2D eigenvalue weighted by Gasteiger charge is 2.30. The molecule has 2 aromatic heterocycles. The van der Waals surface area contributed by atoms with Crippen LogP contribution in [0.2, 0.25) is 0 Å². The van der Waals surface area contributed by atoms with Crippen molar-refractivity contribution in [1.82, 2.24) is 20.1 Å². The number of hydrogen-bond acceptors (Lipinski definition) is 6. The van der Waals surface area contributed by atoms with E-state index in [0.717, 1.165) is 48.1 Å². The molecule has 1 saturated carbocycles. The lowest BCUT2D eigenvalue weighted by atomic mass is 10.2. The van der Waals surface area contributed by atoms with Crippen molar-refractivity contribution in [2.75, 3.05) is 18.9 Å². The third kappa shape index (κ3) is 3.65. The molecule has 1 aliphatic heterocycles. The van der Waals surface area contributed by atoms with E-state index in [2.05, 4.69) is 26.1 Å². The van der Waals surface area contributed by atoms with E-state index in [-0.39, 0.29) is 12.0 Å². The molecule has 24 heavy (non-hydrogen) atoms. The second-order valence-corrected chi connectivity index (χ2v) is 8.00.